The molecule has 0 bridgehead atoms. The van der Waals surface area contributed by atoms with Gasteiger partial charge in [0.05, 0.1) is 22.5 Å². The van der Waals surface area contributed by atoms with Crippen LogP contribution in [0.3, 0.4) is 0 Å². The Morgan fingerprint density at radius 2 is 1.36 bits per heavy atom. The van der Waals surface area contributed by atoms with Gasteiger partial charge >= 0.3 is 11.7 Å². The van der Waals surface area contributed by atoms with Gasteiger partial charge in [-0.25, -0.2) is 9.59 Å². The molecule has 0 aliphatic heterocycles. The Bertz CT molecular complexity index is 1700. The van der Waals surface area contributed by atoms with Crippen molar-refractivity contribution < 1.29 is 14.6 Å². The molecule has 0 spiro atoms. The molecule has 7 heteroatoms. The zero-order chi connectivity index (χ0) is 27.2. The molecule has 7 nitrogen and oxygen atoms in total. The first-order valence-corrected chi connectivity index (χ1v) is 12.5. The predicted molar refractivity (Wildman–Crippen MR) is 151 cm³/mol. The molecule has 0 aliphatic rings. The highest BCUT2D eigenvalue weighted by Gasteiger charge is 2.22. The zero-order valence-corrected chi connectivity index (χ0v) is 21.0. The molecule has 0 aliphatic carbocycles. The van der Waals surface area contributed by atoms with Gasteiger partial charge < -0.3 is 9.84 Å². The molecule has 1 N–H and O–H groups in total. The van der Waals surface area contributed by atoms with E-state index in [-0.39, 0.29) is 24.3 Å². The van der Waals surface area contributed by atoms with E-state index in [0.29, 0.717) is 16.7 Å². The molecule has 0 unspecified atom stereocenters. The lowest BCUT2D eigenvalue weighted by molar-refractivity contribution is 0.0697. The van der Waals surface area contributed by atoms with Crippen LogP contribution < -0.4 is 16.0 Å². The first-order chi connectivity index (χ1) is 19.0. The molecule has 1 aromatic heterocycles. The van der Waals surface area contributed by atoms with Gasteiger partial charge in [0, 0.05) is 6.54 Å². The van der Waals surface area contributed by atoms with E-state index < -0.39 is 17.7 Å². The number of aromatic nitrogens is 2. The lowest BCUT2D eigenvalue weighted by Crippen LogP contribution is -2.41. The summed E-state index contributed by atoms with van der Waals surface area (Å²) in [7, 11) is 0. The van der Waals surface area contributed by atoms with Crippen molar-refractivity contribution in [1.82, 2.24) is 9.13 Å². The van der Waals surface area contributed by atoms with Crippen LogP contribution in [0, 0.1) is 0 Å². The van der Waals surface area contributed by atoms with Crippen molar-refractivity contribution in [2.75, 3.05) is 6.61 Å². The van der Waals surface area contributed by atoms with Crippen molar-refractivity contribution in [1.29, 1.82) is 0 Å². The molecule has 0 radical (unpaired) electrons. The van der Waals surface area contributed by atoms with E-state index in [9.17, 15) is 14.4 Å². The molecule has 5 rings (SSSR count). The lowest BCUT2D eigenvalue weighted by atomic mass is 9.98. The maximum atomic E-state index is 14.0. The number of allylic oxidation sites excluding steroid dienone is 1. The number of hydrogen-bond donors (Lipinski definition) is 1. The molecule has 0 atom stereocenters. The Kier molecular flexibility index (Phi) is 7.50. The van der Waals surface area contributed by atoms with Crippen LogP contribution in [0.4, 0.5) is 0 Å². The third-order valence-corrected chi connectivity index (χ3v) is 6.47. The number of carboxylic acids is 1. The quantitative estimate of drug-likeness (QED) is 0.273. The van der Waals surface area contributed by atoms with Crippen molar-refractivity contribution >= 4 is 16.9 Å². The normalized spacial score (nSPS) is 11.3. The largest absolute Gasteiger partial charge is 0.490 e. The second-order valence-corrected chi connectivity index (χ2v) is 8.92. The molecule has 0 saturated carbocycles. The minimum atomic E-state index is -1.00. The molecule has 194 valence electrons. The second kappa shape index (κ2) is 11.5. The maximum absolute atomic E-state index is 14.0. The van der Waals surface area contributed by atoms with Crippen LogP contribution >= 0.6 is 0 Å². The molecule has 5 aromatic rings. The predicted octanol–water partition coefficient (Wildman–Crippen LogP) is 5.13. The van der Waals surface area contributed by atoms with Crippen molar-refractivity contribution in [3.63, 3.8) is 0 Å². The van der Waals surface area contributed by atoms with Crippen molar-refractivity contribution in [2.24, 2.45) is 0 Å². The summed E-state index contributed by atoms with van der Waals surface area (Å²) < 4.78 is 8.56. The SMILES string of the molecule is O=C(O)c1ccc(OC/C=C\Cn2c(=O)c3ccccc3n(C(c3ccccc3)c3ccccc3)c2=O)cc1. The van der Waals surface area contributed by atoms with Gasteiger partial charge in [-0.3, -0.25) is 13.9 Å². The molecule has 4 aromatic carbocycles. The van der Waals surface area contributed by atoms with Gasteiger partial charge in [0.25, 0.3) is 5.56 Å². The van der Waals surface area contributed by atoms with E-state index >= 15 is 0 Å². The summed E-state index contributed by atoms with van der Waals surface area (Å²) in [5, 5.41) is 9.47. The molecule has 0 fully saturated rings. The van der Waals surface area contributed by atoms with Crippen molar-refractivity contribution in [3.8, 4) is 5.75 Å². The summed E-state index contributed by atoms with van der Waals surface area (Å²) in [4.78, 5) is 38.4. The Morgan fingerprint density at radius 1 is 0.769 bits per heavy atom. The Hall–Kier alpha value is -5.17. The molecule has 39 heavy (non-hydrogen) atoms. The highest BCUT2D eigenvalue weighted by atomic mass is 16.5. The Balaban J connectivity index is 1.50. The fourth-order valence-corrected chi connectivity index (χ4v) is 4.59. The van der Waals surface area contributed by atoms with Crippen molar-refractivity contribution in [3.05, 3.63) is 159 Å². The number of aromatic carboxylic acids is 1. The van der Waals surface area contributed by atoms with Crippen LogP contribution in [-0.2, 0) is 6.54 Å². The van der Waals surface area contributed by atoms with Crippen molar-refractivity contribution in [2.45, 2.75) is 12.6 Å². The van der Waals surface area contributed by atoms with Gasteiger partial charge in [0.1, 0.15) is 12.4 Å². The highest BCUT2D eigenvalue weighted by molar-refractivity contribution is 5.87. The summed E-state index contributed by atoms with van der Waals surface area (Å²) in [5.41, 5.74) is 1.83. The first-order valence-electron chi connectivity index (χ1n) is 12.5. The van der Waals surface area contributed by atoms with E-state index in [1.54, 1.807) is 47.1 Å². The highest BCUT2D eigenvalue weighted by Crippen LogP contribution is 2.27. The molecular formula is C32H26N2O5. The number of ether oxygens (including phenoxy) is 1. The summed E-state index contributed by atoms with van der Waals surface area (Å²) in [6.45, 7) is 0.264. The number of para-hydroxylation sites is 1. The van der Waals surface area contributed by atoms with E-state index in [0.717, 1.165) is 11.1 Å². The summed E-state index contributed by atoms with van der Waals surface area (Å²) >= 11 is 0. The zero-order valence-electron chi connectivity index (χ0n) is 21.0. The number of nitrogens with zero attached hydrogens (tertiary/aromatic N) is 2. The maximum Gasteiger partial charge on any atom is 0.335 e. The number of rotatable bonds is 9. The van der Waals surface area contributed by atoms with Gasteiger partial charge in [-0.2, -0.15) is 0 Å². The van der Waals surface area contributed by atoms with Crippen LogP contribution in [0.1, 0.15) is 27.5 Å². The summed E-state index contributed by atoms with van der Waals surface area (Å²) in [6.07, 6.45) is 3.44. The number of hydrogen-bond acceptors (Lipinski definition) is 4. The van der Waals surface area contributed by atoms with Gasteiger partial charge in [-0.15, -0.1) is 0 Å². The lowest BCUT2D eigenvalue weighted by Gasteiger charge is -2.24. The fourth-order valence-electron chi connectivity index (χ4n) is 4.59. The van der Waals surface area contributed by atoms with Gasteiger partial charge in [-0.1, -0.05) is 78.9 Å². The number of carboxylic acid groups (broad SMARTS) is 1. The minimum Gasteiger partial charge on any atom is -0.490 e. The van der Waals surface area contributed by atoms with Crippen LogP contribution in [0.5, 0.6) is 5.75 Å². The molecular weight excluding hydrogens is 492 g/mol. The van der Waals surface area contributed by atoms with E-state index in [4.69, 9.17) is 9.84 Å². The average molecular weight is 519 g/mol. The molecule has 0 amide bonds. The molecule has 0 saturated heterocycles. The third-order valence-electron chi connectivity index (χ3n) is 6.47. The second-order valence-electron chi connectivity index (χ2n) is 8.92. The van der Waals surface area contributed by atoms with Gasteiger partial charge in [0.15, 0.2) is 0 Å². The van der Waals surface area contributed by atoms with E-state index in [2.05, 4.69) is 0 Å². The van der Waals surface area contributed by atoms with Gasteiger partial charge in [0.2, 0.25) is 0 Å². The smallest absolute Gasteiger partial charge is 0.335 e. The van der Waals surface area contributed by atoms with Crippen LogP contribution in [-0.4, -0.2) is 26.8 Å². The monoisotopic (exact) mass is 518 g/mol. The first kappa shape index (κ1) is 25.5. The summed E-state index contributed by atoms with van der Waals surface area (Å²) in [5.74, 6) is -0.488. The third kappa shape index (κ3) is 5.43. The van der Waals surface area contributed by atoms with E-state index in [1.807, 2.05) is 66.7 Å². The minimum absolute atomic E-state index is 0.0696. The standard InChI is InChI=1S/C32H26N2O5/c35-30-27-15-7-8-16-28(27)34(29(23-11-3-1-4-12-23)24-13-5-2-6-14-24)32(38)33(30)21-9-10-22-39-26-19-17-25(18-20-26)31(36)37/h1-20,29H,21-22H2,(H,36,37)/b10-9-. The van der Waals surface area contributed by atoms with Crippen LogP contribution in [0.2, 0.25) is 0 Å². The average Bonchev–Trinajstić information content (AvgIpc) is 2.97. The number of benzene rings is 4. The number of carbonyl (C=O) groups is 1. The number of fused-ring (bicyclic) bond motifs is 1. The van der Waals surface area contributed by atoms with Gasteiger partial charge in [-0.05, 0) is 53.6 Å². The topological polar surface area (TPSA) is 90.5 Å². The fraction of sp³-hybridized carbons (Fsp3) is 0.0938. The van der Waals surface area contributed by atoms with E-state index in [1.165, 1.54) is 16.7 Å². The Morgan fingerprint density at radius 3 is 1.97 bits per heavy atom. The van der Waals surface area contributed by atoms with Crippen LogP contribution in [0.15, 0.2) is 131 Å². The van der Waals surface area contributed by atoms with Crippen LogP contribution in [0.25, 0.3) is 10.9 Å². The molecule has 1 heterocycles. The summed E-state index contributed by atoms with van der Waals surface area (Å²) in [6, 6.07) is 32.4. The Labute approximate surface area is 224 Å².